The van der Waals surface area contributed by atoms with E-state index < -0.39 is 9.84 Å². The molecular weight excluding hydrogens is 286 g/mol. The van der Waals surface area contributed by atoms with Crippen LogP contribution in [0.4, 0.5) is 0 Å². The maximum Gasteiger partial charge on any atom is 0.151 e. The van der Waals surface area contributed by atoms with Crippen LogP contribution >= 0.6 is 0 Å². The number of hydrogen-bond donors (Lipinski definition) is 1. The Labute approximate surface area is 131 Å². The minimum absolute atomic E-state index is 0.171. The Morgan fingerprint density at radius 1 is 1.00 bits per heavy atom. The Morgan fingerprint density at radius 3 is 2.14 bits per heavy atom. The minimum Gasteiger partial charge on any atom is -0.312 e. The summed E-state index contributed by atoms with van der Waals surface area (Å²) < 4.78 is 22.8. The van der Waals surface area contributed by atoms with E-state index in [9.17, 15) is 8.42 Å². The molecule has 6 heteroatoms. The van der Waals surface area contributed by atoms with E-state index in [2.05, 4.69) is 35.9 Å². The first-order valence-corrected chi connectivity index (χ1v) is 10.2. The highest BCUT2D eigenvalue weighted by atomic mass is 32.2. The lowest BCUT2D eigenvalue weighted by atomic mass is 10.2. The van der Waals surface area contributed by atoms with Crippen molar-refractivity contribution >= 4 is 9.84 Å². The second-order valence-electron chi connectivity index (χ2n) is 5.87. The van der Waals surface area contributed by atoms with Crippen molar-refractivity contribution in [3.63, 3.8) is 0 Å². The summed E-state index contributed by atoms with van der Waals surface area (Å²) in [6, 6.07) is 0.171. The SMILES string of the molecule is CCN(CC)CCCN(CC)CCNC1CCS(=O)(=O)C1. The Balaban J connectivity index is 2.13. The van der Waals surface area contributed by atoms with Crippen molar-refractivity contribution in [2.24, 2.45) is 0 Å². The summed E-state index contributed by atoms with van der Waals surface area (Å²) in [5.74, 6) is 0.674. The summed E-state index contributed by atoms with van der Waals surface area (Å²) in [6.45, 7) is 14.1. The van der Waals surface area contributed by atoms with E-state index >= 15 is 0 Å². The maximum atomic E-state index is 11.4. The van der Waals surface area contributed by atoms with Crippen LogP contribution < -0.4 is 5.32 Å². The fourth-order valence-corrected chi connectivity index (χ4v) is 4.58. The lowest BCUT2D eigenvalue weighted by Gasteiger charge is -2.24. The fraction of sp³-hybridized carbons (Fsp3) is 1.00. The highest BCUT2D eigenvalue weighted by Crippen LogP contribution is 2.10. The standard InChI is InChI=1S/C15H33N3O2S/c1-4-17(5-2)10-7-11-18(6-3)12-9-16-15-8-13-21(19,20)14-15/h15-16H,4-14H2,1-3H3. The molecule has 1 atom stereocenters. The monoisotopic (exact) mass is 319 g/mol. The molecule has 1 aliphatic rings. The lowest BCUT2D eigenvalue weighted by Crippen LogP contribution is -2.38. The zero-order chi connectivity index (χ0) is 15.7. The third-order valence-electron chi connectivity index (χ3n) is 4.38. The molecule has 1 fully saturated rings. The molecule has 0 aromatic heterocycles. The molecule has 126 valence electrons. The van der Waals surface area contributed by atoms with Crippen LogP contribution in [0.15, 0.2) is 0 Å². The molecule has 0 amide bonds. The molecule has 1 aliphatic heterocycles. The van der Waals surface area contributed by atoms with Crippen molar-refractivity contribution in [1.29, 1.82) is 0 Å². The first-order chi connectivity index (χ1) is 10.0. The van der Waals surface area contributed by atoms with Gasteiger partial charge >= 0.3 is 0 Å². The van der Waals surface area contributed by atoms with E-state index in [1.165, 1.54) is 6.42 Å². The number of likely N-dealkylation sites (N-methyl/N-ethyl adjacent to an activating group) is 1. The van der Waals surface area contributed by atoms with Gasteiger partial charge in [0.2, 0.25) is 0 Å². The van der Waals surface area contributed by atoms with E-state index in [4.69, 9.17) is 0 Å². The molecule has 0 radical (unpaired) electrons. The Kier molecular flexibility index (Phi) is 8.78. The van der Waals surface area contributed by atoms with E-state index in [-0.39, 0.29) is 6.04 Å². The lowest BCUT2D eigenvalue weighted by molar-refractivity contribution is 0.242. The Morgan fingerprint density at radius 2 is 1.62 bits per heavy atom. The first kappa shape index (κ1) is 18.9. The highest BCUT2D eigenvalue weighted by Gasteiger charge is 2.27. The van der Waals surface area contributed by atoms with Gasteiger partial charge in [-0.3, -0.25) is 0 Å². The maximum absolute atomic E-state index is 11.4. The first-order valence-electron chi connectivity index (χ1n) is 8.39. The molecule has 0 saturated carbocycles. The Bertz CT molecular complexity index is 369. The smallest absolute Gasteiger partial charge is 0.151 e. The van der Waals surface area contributed by atoms with Crippen LogP contribution in [0.1, 0.15) is 33.6 Å². The van der Waals surface area contributed by atoms with Crippen molar-refractivity contribution < 1.29 is 8.42 Å². The summed E-state index contributed by atoms with van der Waals surface area (Å²) in [5.41, 5.74) is 0. The molecule has 1 rings (SSSR count). The van der Waals surface area contributed by atoms with Gasteiger partial charge in [-0.05, 0) is 45.6 Å². The highest BCUT2D eigenvalue weighted by molar-refractivity contribution is 7.91. The zero-order valence-electron chi connectivity index (χ0n) is 14.0. The summed E-state index contributed by atoms with van der Waals surface area (Å²) in [6.07, 6.45) is 1.98. The largest absolute Gasteiger partial charge is 0.312 e. The quantitative estimate of drug-likeness (QED) is 0.611. The number of nitrogens with zero attached hydrogens (tertiary/aromatic N) is 2. The molecule has 1 saturated heterocycles. The predicted molar refractivity (Wildman–Crippen MR) is 89.6 cm³/mol. The molecule has 0 aliphatic carbocycles. The minimum atomic E-state index is -2.76. The van der Waals surface area contributed by atoms with Crippen LogP contribution in [-0.4, -0.2) is 81.6 Å². The number of nitrogens with one attached hydrogen (secondary N) is 1. The number of hydrogen-bond acceptors (Lipinski definition) is 5. The van der Waals surface area contributed by atoms with Crippen molar-refractivity contribution in [2.75, 3.05) is 57.3 Å². The van der Waals surface area contributed by atoms with Gasteiger partial charge in [-0.1, -0.05) is 20.8 Å². The molecule has 0 aromatic carbocycles. The summed E-state index contributed by atoms with van der Waals surface area (Å²) >= 11 is 0. The van der Waals surface area contributed by atoms with Crippen molar-refractivity contribution in [3.8, 4) is 0 Å². The molecule has 5 nitrogen and oxygen atoms in total. The predicted octanol–water partition coefficient (Wildman–Crippen LogP) is 0.817. The molecule has 1 unspecified atom stereocenters. The third-order valence-corrected chi connectivity index (χ3v) is 6.15. The molecule has 0 aromatic rings. The van der Waals surface area contributed by atoms with Gasteiger partial charge in [-0.2, -0.15) is 0 Å². The zero-order valence-corrected chi connectivity index (χ0v) is 14.8. The van der Waals surface area contributed by atoms with Crippen LogP contribution in [0.25, 0.3) is 0 Å². The van der Waals surface area contributed by atoms with Gasteiger partial charge in [0.15, 0.2) is 9.84 Å². The summed E-state index contributed by atoms with van der Waals surface area (Å²) in [7, 11) is -2.76. The molecule has 1 heterocycles. The van der Waals surface area contributed by atoms with Gasteiger partial charge in [0.1, 0.15) is 0 Å². The fourth-order valence-electron chi connectivity index (χ4n) is 2.87. The van der Waals surface area contributed by atoms with Gasteiger partial charge in [-0.25, -0.2) is 8.42 Å². The second kappa shape index (κ2) is 9.77. The molecular formula is C15H33N3O2S. The summed E-state index contributed by atoms with van der Waals surface area (Å²) in [4.78, 5) is 4.90. The second-order valence-corrected chi connectivity index (χ2v) is 8.10. The van der Waals surface area contributed by atoms with Gasteiger partial charge in [0, 0.05) is 19.1 Å². The van der Waals surface area contributed by atoms with Gasteiger partial charge in [0.05, 0.1) is 11.5 Å². The topological polar surface area (TPSA) is 52.6 Å². The molecule has 0 spiro atoms. The molecule has 1 N–H and O–H groups in total. The van der Waals surface area contributed by atoms with E-state index in [1.807, 2.05) is 0 Å². The Hall–Kier alpha value is -0.170. The van der Waals surface area contributed by atoms with Crippen LogP contribution in [0.3, 0.4) is 0 Å². The average Bonchev–Trinajstić information content (AvgIpc) is 2.81. The third kappa shape index (κ3) is 7.58. The number of rotatable bonds is 11. The average molecular weight is 320 g/mol. The van der Waals surface area contributed by atoms with Gasteiger partial charge in [-0.15, -0.1) is 0 Å². The van der Waals surface area contributed by atoms with E-state index in [0.717, 1.165) is 52.2 Å². The van der Waals surface area contributed by atoms with Crippen LogP contribution in [-0.2, 0) is 9.84 Å². The van der Waals surface area contributed by atoms with Crippen molar-refractivity contribution in [2.45, 2.75) is 39.7 Å². The van der Waals surface area contributed by atoms with Crippen LogP contribution in [0.5, 0.6) is 0 Å². The van der Waals surface area contributed by atoms with Crippen LogP contribution in [0, 0.1) is 0 Å². The molecule has 21 heavy (non-hydrogen) atoms. The van der Waals surface area contributed by atoms with Gasteiger partial charge in [0.25, 0.3) is 0 Å². The number of sulfone groups is 1. The van der Waals surface area contributed by atoms with Crippen molar-refractivity contribution in [1.82, 2.24) is 15.1 Å². The van der Waals surface area contributed by atoms with Gasteiger partial charge < -0.3 is 15.1 Å². The van der Waals surface area contributed by atoms with E-state index in [0.29, 0.717) is 11.5 Å². The summed E-state index contributed by atoms with van der Waals surface area (Å²) in [5, 5.41) is 3.39. The van der Waals surface area contributed by atoms with Crippen LogP contribution in [0.2, 0.25) is 0 Å². The van der Waals surface area contributed by atoms with E-state index in [1.54, 1.807) is 0 Å². The normalized spacial score (nSPS) is 21.5. The molecule has 0 bridgehead atoms. The van der Waals surface area contributed by atoms with Crippen molar-refractivity contribution in [3.05, 3.63) is 0 Å².